The van der Waals surface area contributed by atoms with Gasteiger partial charge in [-0.3, -0.25) is 14.9 Å². The van der Waals surface area contributed by atoms with Crippen LogP contribution in [0.1, 0.15) is 22.8 Å². The van der Waals surface area contributed by atoms with Crippen LogP contribution in [0.2, 0.25) is 5.02 Å². The number of rotatable bonds is 5. The van der Waals surface area contributed by atoms with Gasteiger partial charge in [-0.15, -0.1) is 0 Å². The zero-order valence-corrected chi connectivity index (χ0v) is 16.9. The summed E-state index contributed by atoms with van der Waals surface area (Å²) in [6.07, 6.45) is 1.33. The highest BCUT2D eigenvalue weighted by Gasteiger charge is 2.36. The third kappa shape index (κ3) is 4.33. The molecule has 1 fully saturated rings. The number of esters is 1. The number of urea groups is 1. The van der Waals surface area contributed by atoms with E-state index in [1.807, 2.05) is 6.92 Å². The lowest BCUT2D eigenvalue weighted by Crippen LogP contribution is -2.54. The molecule has 9 heteroatoms. The van der Waals surface area contributed by atoms with Gasteiger partial charge in [0.25, 0.3) is 11.8 Å². The van der Waals surface area contributed by atoms with Crippen molar-refractivity contribution in [3.63, 3.8) is 0 Å². The van der Waals surface area contributed by atoms with Gasteiger partial charge in [0.2, 0.25) is 0 Å². The lowest BCUT2D eigenvalue weighted by Gasteiger charge is -2.26. The van der Waals surface area contributed by atoms with Gasteiger partial charge in [-0.2, -0.15) is 0 Å². The monoisotopic (exact) mass is 428 g/mol. The van der Waals surface area contributed by atoms with Gasteiger partial charge in [0.1, 0.15) is 11.3 Å². The van der Waals surface area contributed by atoms with Crippen LogP contribution in [0.15, 0.2) is 48.0 Å². The maximum atomic E-state index is 12.9. The topological polar surface area (TPSA) is 102 Å². The number of carbonyl (C=O) groups is 4. The van der Waals surface area contributed by atoms with E-state index in [0.717, 1.165) is 4.90 Å². The predicted molar refractivity (Wildman–Crippen MR) is 109 cm³/mol. The van der Waals surface area contributed by atoms with Crippen LogP contribution in [0.4, 0.5) is 10.5 Å². The van der Waals surface area contributed by atoms with E-state index < -0.39 is 23.8 Å². The first-order valence-electron chi connectivity index (χ1n) is 8.87. The molecule has 0 aliphatic carbocycles. The molecule has 154 valence electrons. The molecule has 0 unspecified atom stereocenters. The van der Waals surface area contributed by atoms with Crippen molar-refractivity contribution in [2.45, 2.75) is 6.92 Å². The van der Waals surface area contributed by atoms with Crippen LogP contribution in [-0.2, 0) is 14.3 Å². The van der Waals surface area contributed by atoms with Crippen molar-refractivity contribution in [2.75, 3.05) is 18.6 Å². The van der Waals surface area contributed by atoms with E-state index in [-0.39, 0.29) is 16.8 Å². The smallest absolute Gasteiger partial charge is 0.337 e. The summed E-state index contributed by atoms with van der Waals surface area (Å²) in [5.74, 6) is -1.72. The Balaban J connectivity index is 1.97. The standard InChI is InChI=1S/C21H17ClN2O6/c1-3-30-16-9-12(8-14(22)11-16)10-17-18(25)23-21(28)24(19(17)26)15-6-4-13(5-7-15)20(27)29-2/h4-11H,3H2,1-2H3,(H,23,25,28)/b17-10+. The predicted octanol–water partition coefficient (Wildman–Crippen LogP) is 3.19. The van der Waals surface area contributed by atoms with Gasteiger partial charge in [0, 0.05) is 5.02 Å². The van der Waals surface area contributed by atoms with Gasteiger partial charge in [-0.05, 0) is 61.0 Å². The number of carbonyl (C=O) groups excluding carboxylic acids is 4. The summed E-state index contributed by atoms with van der Waals surface area (Å²) in [6, 6.07) is 9.52. The molecule has 0 atom stereocenters. The molecule has 2 aromatic rings. The average molecular weight is 429 g/mol. The quantitative estimate of drug-likeness (QED) is 0.446. The summed E-state index contributed by atoms with van der Waals surface area (Å²) in [6.45, 7) is 2.23. The summed E-state index contributed by atoms with van der Waals surface area (Å²) < 4.78 is 10.0. The lowest BCUT2D eigenvalue weighted by atomic mass is 10.1. The Morgan fingerprint density at radius 2 is 1.83 bits per heavy atom. The average Bonchev–Trinajstić information content (AvgIpc) is 2.71. The Bertz CT molecular complexity index is 1060. The number of barbiturate groups is 1. The lowest BCUT2D eigenvalue weighted by molar-refractivity contribution is -0.122. The van der Waals surface area contributed by atoms with Crippen molar-refractivity contribution in [1.82, 2.24) is 5.32 Å². The van der Waals surface area contributed by atoms with Crippen LogP contribution in [-0.4, -0.2) is 37.5 Å². The number of nitrogens with one attached hydrogen (secondary N) is 1. The Labute approximate surface area is 177 Å². The Kier molecular flexibility index (Phi) is 6.17. The zero-order valence-electron chi connectivity index (χ0n) is 16.1. The molecule has 1 heterocycles. The Morgan fingerprint density at radius 1 is 1.13 bits per heavy atom. The molecule has 0 spiro atoms. The normalized spacial score (nSPS) is 15.2. The fraction of sp³-hybridized carbons (Fsp3) is 0.143. The highest BCUT2D eigenvalue weighted by molar-refractivity contribution is 6.39. The summed E-state index contributed by atoms with van der Waals surface area (Å²) in [4.78, 5) is 49.9. The van der Waals surface area contributed by atoms with Gasteiger partial charge >= 0.3 is 12.0 Å². The number of ether oxygens (including phenoxy) is 2. The fourth-order valence-corrected chi connectivity index (χ4v) is 3.07. The van der Waals surface area contributed by atoms with Crippen molar-refractivity contribution in [1.29, 1.82) is 0 Å². The third-order valence-electron chi connectivity index (χ3n) is 4.16. The van der Waals surface area contributed by atoms with Crippen LogP contribution < -0.4 is 15.0 Å². The molecule has 0 saturated carbocycles. The second kappa shape index (κ2) is 8.79. The number of anilines is 1. The molecule has 1 N–H and O–H groups in total. The maximum absolute atomic E-state index is 12.9. The molecule has 0 bridgehead atoms. The molecule has 30 heavy (non-hydrogen) atoms. The van der Waals surface area contributed by atoms with Gasteiger partial charge in [0.15, 0.2) is 0 Å². The van der Waals surface area contributed by atoms with Crippen LogP contribution in [0, 0.1) is 0 Å². The molecule has 1 aliphatic heterocycles. The number of benzene rings is 2. The number of methoxy groups -OCH3 is 1. The van der Waals surface area contributed by atoms with Crippen molar-refractivity contribution in [3.8, 4) is 5.75 Å². The van der Waals surface area contributed by atoms with Crippen LogP contribution in [0.5, 0.6) is 5.75 Å². The Morgan fingerprint density at radius 3 is 2.47 bits per heavy atom. The van der Waals surface area contributed by atoms with E-state index in [2.05, 4.69) is 10.1 Å². The molecule has 0 radical (unpaired) electrons. The Hall–Kier alpha value is -3.65. The van der Waals surface area contributed by atoms with Crippen LogP contribution in [0.25, 0.3) is 6.08 Å². The first-order valence-corrected chi connectivity index (χ1v) is 9.25. The molecule has 1 saturated heterocycles. The summed E-state index contributed by atoms with van der Waals surface area (Å²) in [5, 5.41) is 2.50. The highest BCUT2D eigenvalue weighted by atomic mass is 35.5. The van der Waals surface area contributed by atoms with Crippen molar-refractivity contribution < 1.29 is 28.7 Å². The van der Waals surface area contributed by atoms with E-state index in [1.54, 1.807) is 18.2 Å². The summed E-state index contributed by atoms with van der Waals surface area (Å²) in [7, 11) is 1.24. The first-order chi connectivity index (χ1) is 14.3. The number of amides is 4. The van der Waals surface area contributed by atoms with Crippen molar-refractivity contribution in [3.05, 3.63) is 64.2 Å². The van der Waals surface area contributed by atoms with Crippen molar-refractivity contribution >= 4 is 47.2 Å². The zero-order chi connectivity index (χ0) is 21.8. The van der Waals surface area contributed by atoms with E-state index in [0.29, 0.717) is 22.9 Å². The summed E-state index contributed by atoms with van der Waals surface area (Å²) in [5.41, 5.74) is 0.640. The minimum Gasteiger partial charge on any atom is -0.494 e. The van der Waals surface area contributed by atoms with Crippen LogP contribution >= 0.6 is 11.6 Å². The first kappa shape index (κ1) is 21.1. The van der Waals surface area contributed by atoms with Gasteiger partial charge in [0.05, 0.1) is 25.0 Å². The third-order valence-corrected chi connectivity index (χ3v) is 4.38. The number of nitrogens with zero attached hydrogens (tertiary/aromatic N) is 1. The molecule has 1 aliphatic rings. The molecule has 2 aromatic carbocycles. The second-order valence-corrected chi connectivity index (χ2v) is 6.59. The molecular formula is C21H17ClN2O6. The number of hydrogen-bond acceptors (Lipinski definition) is 6. The molecule has 8 nitrogen and oxygen atoms in total. The maximum Gasteiger partial charge on any atom is 0.337 e. The SMILES string of the molecule is CCOc1cc(Cl)cc(/C=C2\C(=O)NC(=O)N(c3ccc(C(=O)OC)cc3)C2=O)c1. The minimum absolute atomic E-state index is 0.185. The van der Waals surface area contributed by atoms with E-state index >= 15 is 0 Å². The van der Waals surface area contributed by atoms with Crippen molar-refractivity contribution in [2.24, 2.45) is 0 Å². The fourth-order valence-electron chi connectivity index (χ4n) is 2.84. The van der Waals surface area contributed by atoms with Gasteiger partial charge < -0.3 is 9.47 Å². The number of imide groups is 2. The van der Waals surface area contributed by atoms with Gasteiger partial charge in [-0.1, -0.05) is 11.6 Å². The van der Waals surface area contributed by atoms with E-state index in [4.69, 9.17) is 16.3 Å². The molecule has 3 rings (SSSR count). The second-order valence-electron chi connectivity index (χ2n) is 6.15. The van der Waals surface area contributed by atoms with Gasteiger partial charge in [-0.25, -0.2) is 14.5 Å². The highest BCUT2D eigenvalue weighted by Crippen LogP contribution is 2.26. The van der Waals surface area contributed by atoms with Crippen LogP contribution in [0.3, 0.4) is 0 Å². The molecule has 4 amide bonds. The van der Waals surface area contributed by atoms with E-state index in [1.165, 1.54) is 37.5 Å². The largest absolute Gasteiger partial charge is 0.494 e. The minimum atomic E-state index is -0.894. The van der Waals surface area contributed by atoms with E-state index in [9.17, 15) is 19.2 Å². The number of hydrogen-bond donors (Lipinski definition) is 1. The molecule has 0 aromatic heterocycles. The number of halogens is 1. The summed E-state index contributed by atoms with van der Waals surface area (Å²) >= 11 is 6.08. The molecular weight excluding hydrogens is 412 g/mol.